The molecular weight excluding hydrogens is 286 g/mol. The number of hydrogen-bond donors (Lipinski definition) is 1. The zero-order chi connectivity index (χ0) is 15.9. The number of fused-ring (bicyclic) bond motifs is 1. The molecule has 0 radical (unpaired) electrons. The summed E-state index contributed by atoms with van der Waals surface area (Å²) in [5.74, 6) is 0.945. The van der Waals surface area contributed by atoms with E-state index < -0.39 is 0 Å². The van der Waals surface area contributed by atoms with Crippen LogP contribution in [0.15, 0.2) is 18.2 Å². The summed E-state index contributed by atoms with van der Waals surface area (Å²) in [4.78, 5) is 6.95. The molecular formula is C14H21N5O3. The molecule has 0 fully saturated rings. The van der Waals surface area contributed by atoms with Crippen LogP contribution in [-0.2, 0) is 4.74 Å². The fraction of sp³-hybridized carbons (Fsp3) is 0.500. The molecule has 1 heterocycles. The lowest BCUT2D eigenvalue weighted by Crippen LogP contribution is -2.34. The molecule has 0 spiro atoms. The molecule has 2 rings (SSSR count). The van der Waals surface area contributed by atoms with E-state index in [1.54, 1.807) is 25.3 Å². The number of ether oxygens (including phenoxy) is 2. The molecule has 1 aromatic carbocycles. The molecule has 8 nitrogen and oxygen atoms in total. The van der Waals surface area contributed by atoms with Gasteiger partial charge in [0.15, 0.2) is 0 Å². The molecule has 2 aromatic rings. The summed E-state index contributed by atoms with van der Waals surface area (Å²) < 4.78 is 10.5. The average molecular weight is 307 g/mol. The zero-order valence-electron chi connectivity index (χ0n) is 13.1. The van der Waals surface area contributed by atoms with E-state index in [0.717, 1.165) is 6.54 Å². The van der Waals surface area contributed by atoms with Gasteiger partial charge in [-0.15, -0.1) is 0 Å². The largest absolute Gasteiger partial charge is 0.594 e. The summed E-state index contributed by atoms with van der Waals surface area (Å²) in [6.45, 7) is 2.42. The van der Waals surface area contributed by atoms with Crippen LogP contribution in [0.2, 0.25) is 0 Å². The molecule has 0 unspecified atom stereocenters. The van der Waals surface area contributed by atoms with Crippen LogP contribution in [0.1, 0.15) is 0 Å². The summed E-state index contributed by atoms with van der Waals surface area (Å²) in [6, 6.07) is 5.08. The maximum absolute atomic E-state index is 11.9. The van der Waals surface area contributed by atoms with Crippen LogP contribution in [0.5, 0.6) is 5.75 Å². The van der Waals surface area contributed by atoms with Crippen LogP contribution in [0, 0.1) is 5.21 Å². The number of rotatable bonds is 8. The van der Waals surface area contributed by atoms with Crippen molar-refractivity contribution in [2.75, 3.05) is 52.8 Å². The lowest BCUT2D eigenvalue weighted by molar-refractivity contribution is -0.641. The number of benzene rings is 1. The Morgan fingerprint density at radius 1 is 1.32 bits per heavy atom. The van der Waals surface area contributed by atoms with Crippen molar-refractivity contribution in [2.24, 2.45) is 0 Å². The van der Waals surface area contributed by atoms with Gasteiger partial charge in [0, 0.05) is 32.3 Å². The third-order valence-corrected chi connectivity index (χ3v) is 2.96. The van der Waals surface area contributed by atoms with Crippen molar-refractivity contribution in [3.63, 3.8) is 0 Å². The van der Waals surface area contributed by atoms with Gasteiger partial charge in [0.05, 0.1) is 11.7 Å². The number of methoxy groups -OCH3 is 1. The highest BCUT2D eigenvalue weighted by atomic mass is 16.5. The summed E-state index contributed by atoms with van der Waals surface area (Å²) in [7, 11) is 5.56. The summed E-state index contributed by atoms with van der Waals surface area (Å²) in [6.07, 6.45) is 0. The molecule has 120 valence electrons. The first-order valence-electron chi connectivity index (χ1n) is 7.02. The van der Waals surface area contributed by atoms with Crippen LogP contribution >= 0.6 is 0 Å². The van der Waals surface area contributed by atoms with Gasteiger partial charge >= 0.3 is 0 Å². The van der Waals surface area contributed by atoms with Crippen LogP contribution in [0.4, 0.5) is 5.95 Å². The first kappa shape index (κ1) is 16.2. The average Bonchev–Trinajstić information content (AvgIpc) is 2.47. The predicted molar refractivity (Wildman–Crippen MR) is 82.9 cm³/mol. The van der Waals surface area contributed by atoms with E-state index in [4.69, 9.17) is 9.47 Å². The Morgan fingerprint density at radius 3 is 2.86 bits per heavy atom. The maximum atomic E-state index is 11.9. The number of likely N-dealkylation sites (N-methyl/N-ethyl adjacent to an activating group) is 1. The molecule has 22 heavy (non-hydrogen) atoms. The number of aromatic nitrogens is 3. The Morgan fingerprint density at radius 2 is 2.14 bits per heavy atom. The molecule has 0 saturated carbocycles. The second-order valence-electron chi connectivity index (χ2n) is 5.03. The SMILES string of the molecule is COCCOc1ccc2c(c1)nc(NCCN(C)C)n[n+]2[O-]. The molecule has 0 amide bonds. The first-order chi connectivity index (χ1) is 10.6. The van der Waals surface area contributed by atoms with E-state index in [-0.39, 0.29) is 0 Å². The van der Waals surface area contributed by atoms with Gasteiger partial charge in [-0.25, -0.2) is 4.98 Å². The highest BCUT2D eigenvalue weighted by molar-refractivity contribution is 5.73. The zero-order valence-corrected chi connectivity index (χ0v) is 13.1. The van der Waals surface area contributed by atoms with Crippen molar-refractivity contribution in [1.82, 2.24) is 15.0 Å². The summed E-state index contributed by atoms with van der Waals surface area (Å²) in [5.41, 5.74) is 0.935. The Labute approximate surface area is 129 Å². The normalized spacial score (nSPS) is 11.1. The lowest BCUT2D eigenvalue weighted by atomic mass is 10.3. The molecule has 1 N–H and O–H groups in total. The summed E-state index contributed by atoms with van der Waals surface area (Å²) in [5, 5.41) is 18.8. The van der Waals surface area contributed by atoms with Crippen LogP contribution in [0.3, 0.4) is 0 Å². The minimum absolute atomic E-state index is 0.304. The van der Waals surface area contributed by atoms with Crippen molar-refractivity contribution in [3.8, 4) is 5.75 Å². The van der Waals surface area contributed by atoms with E-state index in [9.17, 15) is 5.21 Å². The van der Waals surface area contributed by atoms with Gasteiger partial charge in [0.2, 0.25) is 0 Å². The number of hydrogen-bond acceptors (Lipinski definition) is 7. The van der Waals surface area contributed by atoms with Gasteiger partial charge in [-0.3, -0.25) is 0 Å². The fourth-order valence-electron chi connectivity index (χ4n) is 1.83. The van der Waals surface area contributed by atoms with E-state index in [1.165, 1.54) is 0 Å². The standard InChI is InChI=1S/C14H21N5O3/c1-18(2)7-6-15-14-16-12-10-11(22-9-8-21-3)4-5-13(12)19(20)17-14/h4-5,10H,6-9H2,1-3H3,(H,15,16,17). The summed E-state index contributed by atoms with van der Waals surface area (Å²) >= 11 is 0. The van der Waals surface area contributed by atoms with Crippen molar-refractivity contribution in [1.29, 1.82) is 0 Å². The molecule has 0 bridgehead atoms. The van der Waals surface area contributed by atoms with Crippen molar-refractivity contribution < 1.29 is 14.3 Å². The molecule has 1 aromatic heterocycles. The van der Waals surface area contributed by atoms with Gasteiger partial charge in [-0.2, -0.15) is 0 Å². The van der Waals surface area contributed by atoms with E-state index in [0.29, 0.717) is 47.3 Å². The Balaban J connectivity index is 2.15. The number of nitrogens with one attached hydrogen (secondary N) is 1. The van der Waals surface area contributed by atoms with Gasteiger partial charge in [-0.05, 0) is 25.0 Å². The molecule has 0 aliphatic rings. The smallest absolute Gasteiger partial charge is 0.290 e. The van der Waals surface area contributed by atoms with Gasteiger partial charge in [0.1, 0.15) is 17.9 Å². The van der Waals surface area contributed by atoms with Gasteiger partial charge in [0.25, 0.3) is 11.5 Å². The molecule has 0 aliphatic carbocycles. The Kier molecular flexibility index (Phi) is 5.68. The molecule has 0 saturated heterocycles. The Hall–Kier alpha value is -2.19. The fourth-order valence-corrected chi connectivity index (χ4v) is 1.83. The van der Waals surface area contributed by atoms with Crippen molar-refractivity contribution in [3.05, 3.63) is 23.4 Å². The maximum Gasteiger partial charge on any atom is 0.290 e. The quantitative estimate of drug-likeness (QED) is 0.425. The second kappa shape index (κ2) is 7.71. The number of anilines is 1. The molecule has 8 heteroatoms. The van der Waals surface area contributed by atoms with Crippen molar-refractivity contribution >= 4 is 17.0 Å². The van der Waals surface area contributed by atoms with Gasteiger partial charge < -0.3 is 24.9 Å². The van der Waals surface area contributed by atoms with Crippen LogP contribution in [-0.4, -0.2) is 62.5 Å². The molecule has 0 atom stereocenters. The highest BCUT2D eigenvalue weighted by Gasteiger charge is 2.11. The topological polar surface area (TPSA) is 86.5 Å². The third-order valence-electron chi connectivity index (χ3n) is 2.96. The van der Waals surface area contributed by atoms with Crippen LogP contribution < -0.4 is 14.9 Å². The van der Waals surface area contributed by atoms with E-state index in [2.05, 4.69) is 15.4 Å². The minimum Gasteiger partial charge on any atom is -0.594 e. The van der Waals surface area contributed by atoms with E-state index in [1.807, 2.05) is 19.0 Å². The lowest BCUT2D eigenvalue weighted by Gasteiger charge is -2.10. The van der Waals surface area contributed by atoms with Gasteiger partial charge in [-0.1, -0.05) is 0 Å². The Bertz CT molecular complexity index is 621. The number of nitrogens with zero attached hydrogens (tertiary/aromatic N) is 4. The molecule has 0 aliphatic heterocycles. The van der Waals surface area contributed by atoms with Crippen molar-refractivity contribution in [2.45, 2.75) is 0 Å². The van der Waals surface area contributed by atoms with Crippen LogP contribution in [0.25, 0.3) is 11.0 Å². The third kappa shape index (κ3) is 4.40. The predicted octanol–water partition coefficient (Wildman–Crippen LogP) is 0.262. The van der Waals surface area contributed by atoms with E-state index >= 15 is 0 Å². The second-order valence-corrected chi connectivity index (χ2v) is 5.03. The highest BCUT2D eigenvalue weighted by Crippen LogP contribution is 2.17. The minimum atomic E-state index is 0.304. The first-order valence-corrected chi connectivity index (χ1v) is 7.02. The monoisotopic (exact) mass is 307 g/mol.